The number of anilines is 1. The number of benzene rings is 1. The van der Waals surface area contributed by atoms with E-state index in [1.165, 1.54) is 0 Å². The first-order valence-corrected chi connectivity index (χ1v) is 7.05. The van der Waals surface area contributed by atoms with Gasteiger partial charge in [0.05, 0.1) is 30.6 Å². The Kier molecular flexibility index (Phi) is 5.17. The number of aromatic nitrogens is 2. The summed E-state index contributed by atoms with van der Waals surface area (Å²) in [5.74, 6) is -0.222. The SMILES string of the molecule is COCCn1cc(NC(=O)c2ccc(Cl)cc2Br)cn1. The van der Waals surface area contributed by atoms with Gasteiger partial charge in [0, 0.05) is 22.8 Å². The van der Waals surface area contributed by atoms with E-state index in [4.69, 9.17) is 16.3 Å². The van der Waals surface area contributed by atoms with E-state index in [0.29, 0.717) is 33.9 Å². The molecule has 0 bridgehead atoms. The zero-order chi connectivity index (χ0) is 14.5. The first-order valence-electron chi connectivity index (χ1n) is 5.88. The Morgan fingerprint density at radius 1 is 1.55 bits per heavy atom. The molecule has 0 radical (unpaired) electrons. The Balaban J connectivity index is 2.05. The van der Waals surface area contributed by atoms with Crippen LogP contribution in [0.4, 0.5) is 5.69 Å². The molecule has 0 aliphatic carbocycles. The van der Waals surface area contributed by atoms with E-state index in [0.717, 1.165) is 0 Å². The topological polar surface area (TPSA) is 56.1 Å². The Bertz CT molecular complexity index is 615. The highest BCUT2D eigenvalue weighted by Crippen LogP contribution is 2.22. The summed E-state index contributed by atoms with van der Waals surface area (Å²) in [7, 11) is 1.63. The maximum absolute atomic E-state index is 12.1. The highest BCUT2D eigenvalue weighted by Gasteiger charge is 2.11. The molecule has 20 heavy (non-hydrogen) atoms. The summed E-state index contributed by atoms with van der Waals surface area (Å²) in [6.07, 6.45) is 3.35. The van der Waals surface area contributed by atoms with E-state index in [-0.39, 0.29) is 5.91 Å². The zero-order valence-electron chi connectivity index (χ0n) is 10.8. The summed E-state index contributed by atoms with van der Waals surface area (Å²) in [6, 6.07) is 5.01. The molecule has 5 nitrogen and oxygen atoms in total. The van der Waals surface area contributed by atoms with Crippen molar-refractivity contribution >= 4 is 39.1 Å². The minimum Gasteiger partial charge on any atom is -0.383 e. The second-order valence-corrected chi connectivity index (χ2v) is 5.35. The van der Waals surface area contributed by atoms with Gasteiger partial charge in [-0.25, -0.2) is 0 Å². The minimum atomic E-state index is -0.222. The van der Waals surface area contributed by atoms with Gasteiger partial charge in [-0.15, -0.1) is 0 Å². The average molecular weight is 359 g/mol. The summed E-state index contributed by atoms with van der Waals surface area (Å²) in [4.78, 5) is 12.1. The van der Waals surface area contributed by atoms with Crippen LogP contribution in [0.1, 0.15) is 10.4 Å². The van der Waals surface area contributed by atoms with Crippen LogP contribution in [0.25, 0.3) is 0 Å². The Hall–Kier alpha value is -1.37. The molecule has 2 rings (SSSR count). The van der Waals surface area contributed by atoms with Crippen molar-refractivity contribution in [1.29, 1.82) is 0 Å². The summed E-state index contributed by atoms with van der Waals surface area (Å²) in [5, 5.41) is 7.48. The predicted molar refractivity (Wildman–Crippen MR) is 81.2 cm³/mol. The molecule has 0 aliphatic rings. The summed E-state index contributed by atoms with van der Waals surface area (Å²) >= 11 is 9.16. The van der Waals surface area contributed by atoms with E-state index in [1.54, 1.807) is 42.4 Å². The summed E-state index contributed by atoms with van der Waals surface area (Å²) in [5.41, 5.74) is 1.15. The van der Waals surface area contributed by atoms with Crippen molar-refractivity contribution in [3.8, 4) is 0 Å². The second kappa shape index (κ2) is 6.88. The van der Waals surface area contributed by atoms with Gasteiger partial charge in [-0.1, -0.05) is 11.6 Å². The van der Waals surface area contributed by atoms with Gasteiger partial charge in [0.2, 0.25) is 0 Å². The van der Waals surface area contributed by atoms with Crippen molar-refractivity contribution in [1.82, 2.24) is 9.78 Å². The minimum absolute atomic E-state index is 0.222. The van der Waals surface area contributed by atoms with Crippen LogP contribution in [0.2, 0.25) is 5.02 Å². The number of amides is 1. The van der Waals surface area contributed by atoms with Crippen molar-refractivity contribution in [3.63, 3.8) is 0 Å². The molecule has 1 N–H and O–H groups in total. The van der Waals surface area contributed by atoms with E-state index >= 15 is 0 Å². The lowest BCUT2D eigenvalue weighted by atomic mass is 10.2. The van der Waals surface area contributed by atoms with Crippen LogP contribution in [0.15, 0.2) is 35.1 Å². The summed E-state index contributed by atoms with van der Waals surface area (Å²) < 4.78 is 7.32. The monoisotopic (exact) mass is 357 g/mol. The zero-order valence-corrected chi connectivity index (χ0v) is 13.1. The van der Waals surface area contributed by atoms with Crippen molar-refractivity contribution in [2.75, 3.05) is 19.0 Å². The standard InChI is InChI=1S/C13H13BrClN3O2/c1-20-5-4-18-8-10(7-16-18)17-13(19)11-3-2-9(15)6-12(11)14/h2-3,6-8H,4-5H2,1H3,(H,17,19). The molecule has 1 aromatic heterocycles. The van der Waals surface area contributed by atoms with E-state index in [9.17, 15) is 4.79 Å². The number of nitrogens with zero attached hydrogens (tertiary/aromatic N) is 2. The molecule has 0 saturated carbocycles. The number of halogens is 2. The molecule has 1 amide bonds. The van der Waals surface area contributed by atoms with Gasteiger partial charge in [-0.3, -0.25) is 9.48 Å². The summed E-state index contributed by atoms with van der Waals surface area (Å²) in [6.45, 7) is 1.20. The van der Waals surface area contributed by atoms with Gasteiger partial charge >= 0.3 is 0 Å². The highest BCUT2D eigenvalue weighted by molar-refractivity contribution is 9.10. The fraction of sp³-hybridized carbons (Fsp3) is 0.231. The third kappa shape index (κ3) is 3.82. The van der Waals surface area contributed by atoms with Crippen LogP contribution in [0, 0.1) is 0 Å². The fourth-order valence-corrected chi connectivity index (χ4v) is 2.47. The number of hydrogen-bond acceptors (Lipinski definition) is 3. The van der Waals surface area contributed by atoms with Crippen molar-refractivity contribution in [3.05, 3.63) is 45.7 Å². The molecule has 0 unspecified atom stereocenters. The lowest BCUT2D eigenvalue weighted by Gasteiger charge is -2.05. The number of nitrogens with one attached hydrogen (secondary N) is 1. The molecule has 1 aromatic carbocycles. The smallest absolute Gasteiger partial charge is 0.256 e. The molecule has 106 valence electrons. The fourth-order valence-electron chi connectivity index (χ4n) is 1.61. The second-order valence-electron chi connectivity index (χ2n) is 4.06. The van der Waals surface area contributed by atoms with Crippen LogP contribution in [0.3, 0.4) is 0 Å². The highest BCUT2D eigenvalue weighted by atomic mass is 79.9. The number of hydrogen-bond donors (Lipinski definition) is 1. The molecule has 2 aromatic rings. The van der Waals surface area contributed by atoms with Gasteiger partial charge in [0.1, 0.15) is 0 Å². The number of ether oxygens (including phenoxy) is 1. The van der Waals surface area contributed by atoms with E-state index in [2.05, 4.69) is 26.3 Å². The maximum Gasteiger partial charge on any atom is 0.256 e. The number of methoxy groups -OCH3 is 1. The van der Waals surface area contributed by atoms with Crippen molar-refractivity contribution in [2.24, 2.45) is 0 Å². The lowest BCUT2D eigenvalue weighted by Crippen LogP contribution is -2.12. The van der Waals surface area contributed by atoms with Crippen LogP contribution >= 0.6 is 27.5 Å². The Morgan fingerprint density at radius 3 is 3.05 bits per heavy atom. The quantitative estimate of drug-likeness (QED) is 0.893. The molecule has 1 heterocycles. The molecular weight excluding hydrogens is 346 g/mol. The van der Waals surface area contributed by atoms with Gasteiger partial charge in [-0.05, 0) is 34.1 Å². The predicted octanol–water partition coefficient (Wildman–Crippen LogP) is 3.20. The van der Waals surface area contributed by atoms with Gasteiger partial charge < -0.3 is 10.1 Å². The molecule has 0 spiro atoms. The number of carbonyl (C=O) groups is 1. The Labute approximate surface area is 130 Å². The van der Waals surface area contributed by atoms with E-state index < -0.39 is 0 Å². The van der Waals surface area contributed by atoms with Gasteiger partial charge in [-0.2, -0.15) is 5.10 Å². The largest absolute Gasteiger partial charge is 0.383 e. The van der Waals surface area contributed by atoms with Crippen LogP contribution < -0.4 is 5.32 Å². The molecule has 0 aliphatic heterocycles. The third-order valence-corrected chi connectivity index (χ3v) is 3.48. The van der Waals surface area contributed by atoms with Gasteiger partial charge in [0.15, 0.2) is 0 Å². The van der Waals surface area contributed by atoms with Crippen LogP contribution in [-0.2, 0) is 11.3 Å². The molecule has 7 heteroatoms. The van der Waals surface area contributed by atoms with Gasteiger partial charge in [0.25, 0.3) is 5.91 Å². The first-order chi connectivity index (χ1) is 9.60. The van der Waals surface area contributed by atoms with Crippen molar-refractivity contribution in [2.45, 2.75) is 6.54 Å². The third-order valence-electron chi connectivity index (χ3n) is 2.59. The normalized spacial score (nSPS) is 10.6. The number of rotatable bonds is 5. The lowest BCUT2D eigenvalue weighted by molar-refractivity contribution is 0.102. The number of carbonyl (C=O) groups excluding carboxylic acids is 1. The first kappa shape index (κ1) is 15.0. The van der Waals surface area contributed by atoms with E-state index in [1.807, 2.05) is 0 Å². The van der Waals surface area contributed by atoms with Crippen LogP contribution in [-0.4, -0.2) is 29.4 Å². The molecule has 0 fully saturated rings. The Morgan fingerprint density at radius 2 is 2.35 bits per heavy atom. The van der Waals surface area contributed by atoms with Crippen LogP contribution in [0.5, 0.6) is 0 Å². The molecular formula is C13H13BrClN3O2. The maximum atomic E-state index is 12.1. The average Bonchev–Trinajstić information content (AvgIpc) is 2.83. The molecule has 0 atom stereocenters. The van der Waals surface area contributed by atoms with Crippen molar-refractivity contribution < 1.29 is 9.53 Å². The molecule has 0 saturated heterocycles.